The fraction of sp³-hybridized carbons (Fsp3) is 0.526. The topological polar surface area (TPSA) is 45.6 Å². The van der Waals surface area contributed by atoms with Gasteiger partial charge in [0, 0.05) is 23.4 Å². The average molecular weight is 475 g/mol. The summed E-state index contributed by atoms with van der Waals surface area (Å²) in [7, 11) is 0. The van der Waals surface area contributed by atoms with Gasteiger partial charge >= 0.3 is 0 Å². The Bertz CT molecular complexity index is 553. The fourth-order valence-electron chi connectivity index (χ4n) is 2.89. The first kappa shape index (κ1) is 22.2. The van der Waals surface area contributed by atoms with Crippen molar-refractivity contribution in [2.45, 2.75) is 44.0 Å². The Labute approximate surface area is 173 Å². The number of hydrogen-bond acceptors (Lipinski definition) is 3. The van der Waals surface area contributed by atoms with E-state index in [2.05, 4.69) is 36.5 Å². The van der Waals surface area contributed by atoms with Gasteiger partial charge < -0.3 is 15.4 Å². The van der Waals surface area contributed by atoms with E-state index in [-0.39, 0.29) is 24.0 Å². The number of rotatable bonds is 8. The number of benzene rings is 1. The number of guanidine groups is 1. The standard InChI is InChI=1S/C19H29N3OS.HI/c1-4-12-23-18-9-7-6-8-15(18)14-21-19(20-5-2)22-16-10-11-17(13-16)24-3;/h4,6-9,16-17H,1,5,10-14H2,2-3H3,(H2,20,21,22);1H. The Morgan fingerprint density at radius 3 is 2.88 bits per heavy atom. The normalized spacial score (nSPS) is 19.8. The first-order chi connectivity index (χ1) is 11.8. The predicted molar refractivity (Wildman–Crippen MR) is 120 cm³/mol. The van der Waals surface area contributed by atoms with Crippen molar-refractivity contribution in [3.05, 3.63) is 42.5 Å². The van der Waals surface area contributed by atoms with Crippen LogP contribution in [0.15, 0.2) is 41.9 Å². The van der Waals surface area contributed by atoms with Gasteiger partial charge in [-0.15, -0.1) is 24.0 Å². The van der Waals surface area contributed by atoms with E-state index in [0.29, 0.717) is 19.2 Å². The highest BCUT2D eigenvalue weighted by molar-refractivity contribution is 14.0. The maximum absolute atomic E-state index is 5.71. The summed E-state index contributed by atoms with van der Waals surface area (Å²) < 4.78 is 5.71. The lowest BCUT2D eigenvalue weighted by Crippen LogP contribution is -2.42. The van der Waals surface area contributed by atoms with Gasteiger partial charge in [0.2, 0.25) is 0 Å². The van der Waals surface area contributed by atoms with E-state index in [1.165, 1.54) is 19.3 Å². The molecular weight excluding hydrogens is 445 g/mol. The molecule has 2 rings (SSSR count). The van der Waals surface area contributed by atoms with Crippen LogP contribution in [-0.2, 0) is 6.54 Å². The van der Waals surface area contributed by atoms with Crippen LogP contribution in [0.1, 0.15) is 31.7 Å². The first-order valence-electron chi connectivity index (χ1n) is 8.66. The molecular formula is C19H30IN3OS. The van der Waals surface area contributed by atoms with Gasteiger partial charge in [0.15, 0.2) is 5.96 Å². The Morgan fingerprint density at radius 1 is 1.40 bits per heavy atom. The molecule has 1 aromatic rings. The Morgan fingerprint density at radius 2 is 2.20 bits per heavy atom. The molecule has 0 aromatic heterocycles. The Balaban J connectivity index is 0.00000312. The molecule has 1 saturated carbocycles. The van der Waals surface area contributed by atoms with Gasteiger partial charge in [0.1, 0.15) is 12.4 Å². The molecule has 2 unspecified atom stereocenters. The van der Waals surface area contributed by atoms with Crippen LogP contribution in [0.25, 0.3) is 0 Å². The van der Waals surface area contributed by atoms with Crippen molar-refractivity contribution in [2.24, 2.45) is 4.99 Å². The van der Waals surface area contributed by atoms with Crippen molar-refractivity contribution < 1.29 is 4.74 Å². The second-order valence-electron chi connectivity index (χ2n) is 5.91. The number of para-hydroxylation sites is 1. The maximum Gasteiger partial charge on any atom is 0.191 e. The van der Waals surface area contributed by atoms with E-state index < -0.39 is 0 Å². The van der Waals surface area contributed by atoms with Crippen LogP contribution in [0.2, 0.25) is 0 Å². The van der Waals surface area contributed by atoms with Crippen molar-refractivity contribution in [1.82, 2.24) is 10.6 Å². The van der Waals surface area contributed by atoms with E-state index in [1.54, 1.807) is 6.08 Å². The molecule has 1 fully saturated rings. The molecule has 0 aliphatic heterocycles. The summed E-state index contributed by atoms with van der Waals surface area (Å²) in [5.74, 6) is 1.77. The largest absolute Gasteiger partial charge is 0.489 e. The van der Waals surface area contributed by atoms with Gasteiger partial charge in [-0.25, -0.2) is 4.99 Å². The number of hydrogen-bond donors (Lipinski definition) is 2. The molecule has 140 valence electrons. The quantitative estimate of drug-likeness (QED) is 0.256. The fourth-order valence-corrected chi connectivity index (χ4v) is 3.68. The minimum absolute atomic E-state index is 0. The number of nitrogens with one attached hydrogen (secondary N) is 2. The lowest BCUT2D eigenvalue weighted by Gasteiger charge is -2.17. The molecule has 1 aliphatic carbocycles. The molecule has 6 heteroatoms. The molecule has 0 bridgehead atoms. The zero-order valence-corrected chi connectivity index (χ0v) is 18.3. The number of aliphatic imine (C=N–C) groups is 1. The maximum atomic E-state index is 5.71. The van der Waals surface area contributed by atoms with Gasteiger partial charge in [-0.2, -0.15) is 11.8 Å². The zero-order chi connectivity index (χ0) is 17.2. The molecule has 0 heterocycles. The van der Waals surface area contributed by atoms with Gasteiger partial charge in [-0.05, 0) is 38.5 Å². The Hall–Kier alpha value is -0.890. The predicted octanol–water partition coefficient (Wildman–Crippen LogP) is 4.21. The summed E-state index contributed by atoms with van der Waals surface area (Å²) >= 11 is 1.97. The third-order valence-electron chi connectivity index (χ3n) is 4.14. The summed E-state index contributed by atoms with van der Waals surface area (Å²) in [6, 6.07) is 8.56. The van der Waals surface area contributed by atoms with E-state index in [4.69, 9.17) is 9.73 Å². The minimum atomic E-state index is 0. The molecule has 25 heavy (non-hydrogen) atoms. The lowest BCUT2D eigenvalue weighted by molar-refractivity contribution is 0.359. The minimum Gasteiger partial charge on any atom is -0.489 e. The van der Waals surface area contributed by atoms with Gasteiger partial charge in [-0.1, -0.05) is 30.9 Å². The molecule has 1 aromatic carbocycles. The van der Waals surface area contributed by atoms with E-state index in [1.807, 2.05) is 30.0 Å². The summed E-state index contributed by atoms with van der Waals surface area (Å²) in [5.41, 5.74) is 1.09. The van der Waals surface area contributed by atoms with E-state index in [0.717, 1.165) is 29.1 Å². The van der Waals surface area contributed by atoms with Crippen molar-refractivity contribution >= 4 is 41.7 Å². The molecule has 0 spiro atoms. The molecule has 2 atom stereocenters. The second-order valence-corrected chi connectivity index (χ2v) is 7.05. The van der Waals surface area contributed by atoms with Crippen LogP contribution < -0.4 is 15.4 Å². The highest BCUT2D eigenvalue weighted by Gasteiger charge is 2.24. The van der Waals surface area contributed by atoms with Crippen LogP contribution >= 0.6 is 35.7 Å². The van der Waals surface area contributed by atoms with Crippen molar-refractivity contribution in [2.75, 3.05) is 19.4 Å². The van der Waals surface area contributed by atoms with Crippen LogP contribution in [-0.4, -0.2) is 36.7 Å². The average Bonchev–Trinajstić information content (AvgIpc) is 3.06. The van der Waals surface area contributed by atoms with E-state index >= 15 is 0 Å². The van der Waals surface area contributed by atoms with Gasteiger partial charge in [-0.3, -0.25) is 0 Å². The number of thioether (sulfide) groups is 1. The van der Waals surface area contributed by atoms with Crippen LogP contribution in [0.3, 0.4) is 0 Å². The van der Waals surface area contributed by atoms with Gasteiger partial charge in [0.05, 0.1) is 6.54 Å². The monoisotopic (exact) mass is 475 g/mol. The van der Waals surface area contributed by atoms with Crippen LogP contribution in [0.5, 0.6) is 5.75 Å². The summed E-state index contributed by atoms with van der Waals surface area (Å²) in [6.45, 7) is 7.76. The Kier molecular flexibility index (Phi) is 11.0. The lowest BCUT2D eigenvalue weighted by atomic mass is 10.2. The number of halogens is 1. The number of nitrogens with zero attached hydrogens (tertiary/aromatic N) is 1. The summed E-state index contributed by atoms with van der Waals surface area (Å²) in [6.07, 6.45) is 7.68. The summed E-state index contributed by atoms with van der Waals surface area (Å²) in [5, 5.41) is 7.71. The third kappa shape index (κ3) is 7.48. The molecule has 2 N–H and O–H groups in total. The highest BCUT2D eigenvalue weighted by Crippen LogP contribution is 2.28. The van der Waals surface area contributed by atoms with E-state index in [9.17, 15) is 0 Å². The van der Waals surface area contributed by atoms with Crippen LogP contribution in [0.4, 0.5) is 0 Å². The summed E-state index contributed by atoms with van der Waals surface area (Å²) in [4.78, 5) is 4.75. The first-order valence-corrected chi connectivity index (χ1v) is 9.94. The molecule has 0 radical (unpaired) electrons. The van der Waals surface area contributed by atoms with Crippen molar-refractivity contribution in [1.29, 1.82) is 0 Å². The smallest absolute Gasteiger partial charge is 0.191 e. The molecule has 0 amide bonds. The molecule has 1 aliphatic rings. The van der Waals surface area contributed by atoms with Crippen molar-refractivity contribution in [3.63, 3.8) is 0 Å². The second kappa shape index (κ2) is 12.5. The third-order valence-corrected chi connectivity index (χ3v) is 5.23. The van der Waals surface area contributed by atoms with Crippen molar-refractivity contribution in [3.8, 4) is 5.75 Å². The molecule has 4 nitrogen and oxygen atoms in total. The zero-order valence-electron chi connectivity index (χ0n) is 15.2. The highest BCUT2D eigenvalue weighted by atomic mass is 127. The molecule has 0 saturated heterocycles. The SMILES string of the molecule is C=CCOc1ccccc1CN=C(NCC)NC1CCC(SC)C1.I. The van der Waals surface area contributed by atoms with Gasteiger partial charge in [0.25, 0.3) is 0 Å². The number of ether oxygens (including phenoxy) is 1. The van der Waals surface area contributed by atoms with Crippen LogP contribution in [0, 0.1) is 0 Å².